The van der Waals surface area contributed by atoms with Crippen LogP contribution in [0, 0.1) is 5.41 Å². The van der Waals surface area contributed by atoms with Gasteiger partial charge in [-0.25, -0.2) is 0 Å². The summed E-state index contributed by atoms with van der Waals surface area (Å²) in [4.78, 5) is 14.2. The third-order valence-electron chi connectivity index (χ3n) is 4.21. The van der Waals surface area contributed by atoms with E-state index in [1.807, 2.05) is 4.90 Å². The van der Waals surface area contributed by atoms with E-state index >= 15 is 0 Å². The molecule has 0 aromatic rings. The first-order valence-electron chi connectivity index (χ1n) is 6.45. The number of hydrogen-bond donors (Lipinski definition) is 0. The molecule has 0 aromatic carbocycles. The minimum atomic E-state index is -4.10. The molecule has 1 saturated heterocycles. The van der Waals surface area contributed by atoms with Crippen molar-refractivity contribution in [2.24, 2.45) is 5.41 Å². The Morgan fingerprint density at radius 2 is 1.78 bits per heavy atom. The smallest absolute Gasteiger partial charge is 0.344 e. The summed E-state index contributed by atoms with van der Waals surface area (Å²) in [6.45, 7) is 2.50. The second-order valence-electron chi connectivity index (χ2n) is 5.40. The summed E-state index contributed by atoms with van der Waals surface area (Å²) in [6.07, 6.45) is -1.37. The molecule has 104 valence electrons. The van der Waals surface area contributed by atoms with E-state index in [-0.39, 0.29) is 19.4 Å². The minimum Gasteiger partial charge on any atom is -0.344 e. The Hall–Kier alpha value is -0.780. The molecular formula is C12H19F3N2O. The Balaban J connectivity index is 1.94. The minimum absolute atomic E-state index is 0.100. The fraction of sp³-hybridized carbons (Fsp3) is 0.917. The summed E-state index contributed by atoms with van der Waals surface area (Å²) >= 11 is 0. The third kappa shape index (κ3) is 2.63. The molecule has 18 heavy (non-hydrogen) atoms. The van der Waals surface area contributed by atoms with E-state index in [0.717, 1.165) is 12.8 Å². The van der Waals surface area contributed by atoms with Crippen LogP contribution in [-0.2, 0) is 4.79 Å². The van der Waals surface area contributed by atoms with E-state index in [0.29, 0.717) is 32.6 Å². The number of halogens is 3. The Kier molecular flexibility index (Phi) is 3.84. The van der Waals surface area contributed by atoms with Gasteiger partial charge in [-0.05, 0) is 25.8 Å². The van der Waals surface area contributed by atoms with Gasteiger partial charge in [-0.2, -0.15) is 13.2 Å². The summed E-state index contributed by atoms with van der Waals surface area (Å²) in [7, 11) is 0. The Morgan fingerprint density at radius 3 is 2.28 bits per heavy atom. The first-order valence-corrected chi connectivity index (χ1v) is 6.45. The second kappa shape index (κ2) is 5.07. The van der Waals surface area contributed by atoms with Gasteiger partial charge in [0, 0.05) is 26.2 Å². The molecule has 0 bridgehead atoms. The molecule has 0 radical (unpaired) electrons. The standard InChI is InChI=1S/C12H19F3N2O/c13-12(14,15)11(3-1-4-11)9-16-5-2-6-17(10-18)8-7-16/h10H,1-9H2. The van der Waals surface area contributed by atoms with Gasteiger partial charge in [0.25, 0.3) is 0 Å². The molecule has 0 atom stereocenters. The van der Waals surface area contributed by atoms with Crippen LogP contribution in [0.4, 0.5) is 13.2 Å². The van der Waals surface area contributed by atoms with Crippen LogP contribution in [0.15, 0.2) is 0 Å². The van der Waals surface area contributed by atoms with Crippen LogP contribution in [0.25, 0.3) is 0 Å². The molecule has 0 aromatic heterocycles. The molecule has 1 amide bonds. The first-order chi connectivity index (χ1) is 8.47. The van der Waals surface area contributed by atoms with Crippen LogP contribution >= 0.6 is 0 Å². The highest BCUT2D eigenvalue weighted by Gasteiger charge is 2.58. The molecule has 0 spiro atoms. The molecule has 0 N–H and O–H groups in total. The number of amides is 1. The number of rotatable bonds is 3. The van der Waals surface area contributed by atoms with E-state index in [1.165, 1.54) is 0 Å². The van der Waals surface area contributed by atoms with Gasteiger partial charge in [0.15, 0.2) is 0 Å². The predicted octanol–water partition coefficient (Wildman–Crippen LogP) is 1.88. The summed E-state index contributed by atoms with van der Waals surface area (Å²) in [6, 6.07) is 0. The topological polar surface area (TPSA) is 23.6 Å². The van der Waals surface area contributed by atoms with Crippen molar-refractivity contribution in [2.45, 2.75) is 31.9 Å². The Labute approximate surface area is 105 Å². The average Bonchev–Trinajstić information content (AvgIpc) is 2.46. The number of nitrogens with zero attached hydrogens (tertiary/aromatic N) is 2. The van der Waals surface area contributed by atoms with Gasteiger partial charge in [0.05, 0.1) is 5.41 Å². The maximum Gasteiger partial charge on any atom is 0.395 e. The zero-order valence-electron chi connectivity index (χ0n) is 10.4. The lowest BCUT2D eigenvalue weighted by Gasteiger charge is -2.45. The summed E-state index contributed by atoms with van der Waals surface area (Å²) < 4.78 is 39.2. The predicted molar refractivity (Wildman–Crippen MR) is 61.0 cm³/mol. The van der Waals surface area contributed by atoms with Gasteiger partial charge in [-0.1, -0.05) is 6.42 Å². The fourth-order valence-corrected chi connectivity index (χ4v) is 2.82. The Bertz CT molecular complexity index is 302. The average molecular weight is 264 g/mol. The summed E-state index contributed by atoms with van der Waals surface area (Å²) in [5, 5.41) is 0. The molecular weight excluding hydrogens is 245 g/mol. The molecule has 1 aliphatic carbocycles. The second-order valence-corrected chi connectivity index (χ2v) is 5.40. The zero-order valence-corrected chi connectivity index (χ0v) is 10.4. The van der Waals surface area contributed by atoms with Gasteiger partial charge >= 0.3 is 6.18 Å². The fourth-order valence-electron chi connectivity index (χ4n) is 2.82. The van der Waals surface area contributed by atoms with E-state index in [9.17, 15) is 18.0 Å². The normalized spacial score (nSPS) is 25.4. The van der Waals surface area contributed by atoms with Crippen molar-refractivity contribution >= 4 is 6.41 Å². The lowest BCUT2D eigenvalue weighted by Crippen LogP contribution is -2.52. The SMILES string of the molecule is O=CN1CCCN(CC2(C(F)(F)F)CCC2)CC1. The summed E-state index contributed by atoms with van der Waals surface area (Å²) in [5.74, 6) is 0. The van der Waals surface area contributed by atoms with E-state index in [4.69, 9.17) is 0 Å². The lowest BCUT2D eigenvalue weighted by atomic mass is 9.67. The summed E-state index contributed by atoms with van der Waals surface area (Å²) in [5.41, 5.74) is -1.48. The van der Waals surface area contributed by atoms with Crippen molar-refractivity contribution in [1.82, 2.24) is 9.80 Å². The number of hydrogen-bond acceptors (Lipinski definition) is 2. The third-order valence-corrected chi connectivity index (χ3v) is 4.21. The molecule has 2 aliphatic rings. The van der Waals surface area contributed by atoms with Crippen LogP contribution in [0.1, 0.15) is 25.7 Å². The molecule has 2 rings (SSSR count). The Morgan fingerprint density at radius 1 is 1.06 bits per heavy atom. The number of carbonyl (C=O) groups excluding carboxylic acids is 1. The van der Waals surface area contributed by atoms with Gasteiger partial charge in [0.2, 0.25) is 6.41 Å². The lowest BCUT2D eigenvalue weighted by molar-refractivity contribution is -0.255. The monoisotopic (exact) mass is 264 g/mol. The van der Waals surface area contributed by atoms with Crippen molar-refractivity contribution in [3.05, 3.63) is 0 Å². The van der Waals surface area contributed by atoms with E-state index in [1.54, 1.807) is 4.90 Å². The van der Waals surface area contributed by atoms with Crippen molar-refractivity contribution in [3.63, 3.8) is 0 Å². The van der Waals surface area contributed by atoms with Crippen molar-refractivity contribution < 1.29 is 18.0 Å². The van der Waals surface area contributed by atoms with Crippen molar-refractivity contribution in [2.75, 3.05) is 32.7 Å². The van der Waals surface area contributed by atoms with Crippen LogP contribution in [-0.4, -0.2) is 55.1 Å². The van der Waals surface area contributed by atoms with Crippen LogP contribution in [0.5, 0.6) is 0 Å². The van der Waals surface area contributed by atoms with E-state index < -0.39 is 11.6 Å². The van der Waals surface area contributed by atoms with Gasteiger partial charge < -0.3 is 9.80 Å². The molecule has 0 unspecified atom stereocenters. The molecule has 1 heterocycles. The van der Waals surface area contributed by atoms with E-state index in [2.05, 4.69) is 0 Å². The first kappa shape index (κ1) is 13.6. The number of carbonyl (C=O) groups is 1. The van der Waals surface area contributed by atoms with Gasteiger partial charge in [0.1, 0.15) is 0 Å². The van der Waals surface area contributed by atoms with Crippen LogP contribution in [0.2, 0.25) is 0 Å². The highest BCUT2D eigenvalue weighted by atomic mass is 19.4. The molecule has 3 nitrogen and oxygen atoms in total. The van der Waals surface area contributed by atoms with Crippen LogP contribution in [0.3, 0.4) is 0 Å². The van der Waals surface area contributed by atoms with Crippen LogP contribution < -0.4 is 0 Å². The number of alkyl halides is 3. The maximum atomic E-state index is 13.1. The molecule has 2 fully saturated rings. The largest absolute Gasteiger partial charge is 0.395 e. The zero-order chi connectivity index (χ0) is 13.2. The molecule has 1 saturated carbocycles. The van der Waals surface area contributed by atoms with Crippen molar-refractivity contribution in [3.8, 4) is 0 Å². The van der Waals surface area contributed by atoms with Gasteiger partial charge in [-0.15, -0.1) is 0 Å². The molecule has 6 heteroatoms. The molecule has 1 aliphatic heterocycles. The van der Waals surface area contributed by atoms with Gasteiger partial charge in [-0.3, -0.25) is 4.79 Å². The van der Waals surface area contributed by atoms with Crippen molar-refractivity contribution in [1.29, 1.82) is 0 Å². The highest BCUT2D eigenvalue weighted by molar-refractivity contribution is 5.46. The maximum absolute atomic E-state index is 13.1. The quantitative estimate of drug-likeness (QED) is 0.727. The highest BCUT2D eigenvalue weighted by Crippen LogP contribution is 2.53.